The summed E-state index contributed by atoms with van der Waals surface area (Å²) in [5.41, 5.74) is 1.30. The fraction of sp³-hybridized carbons (Fsp3) is 0.750. The van der Waals surface area contributed by atoms with Crippen LogP contribution in [0.2, 0.25) is 0 Å². The van der Waals surface area contributed by atoms with Crippen LogP contribution >= 0.6 is 0 Å². The van der Waals surface area contributed by atoms with Crippen LogP contribution in [0.25, 0.3) is 0 Å². The second kappa shape index (κ2) is 6.74. The lowest BCUT2D eigenvalue weighted by atomic mass is 10.2. The summed E-state index contributed by atoms with van der Waals surface area (Å²) in [4.78, 5) is 2.45. The van der Waals surface area contributed by atoms with Gasteiger partial charge in [0.15, 0.2) is 0 Å². The van der Waals surface area contributed by atoms with Gasteiger partial charge in [-0.3, -0.25) is 9.58 Å². The Morgan fingerprint density at radius 3 is 2.88 bits per heavy atom. The van der Waals surface area contributed by atoms with E-state index in [1.807, 2.05) is 17.9 Å². The Balaban J connectivity index is 1.51. The van der Waals surface area contributed by atoms with Crippen molar-refractivity contribution in [1.82, 2.24) is 20.0 Å². The van der Waals surface area contributed by atoms with Gasteiger partial charge in [-0.15, -0.1) is 0 Å². The zero-order chi connectivity index (χ0) is 11.9. The predicted molar refractivity (Wildman–Crippen MR) is 67.0 cm³/mol. The van der Waals surface area contributed by atoms with Gasteiger partial charge in [0.25, 0.3) is 0 Å². The summed E-state index contributed by atoms with van der Waals surface area (Å²) in [5.74, 6) is 0. The fourth-order valence-corrected chi connectivity index (χ4v) is 2.02. The van der Waals surface area contributed by atoms with Gasteiger partial charge in [-0.1, -0.05) is 0 Å². The van der Waals surface area contributed by atoms with Gasteiger partial charge in [-0.05, 0) is 18.5 Å². The number of hydrogen-bond donors (Lipinski definition) is 1. The number of aryl methyl sites for hydroxylation is 1. The highest BCUT2D eigenvalue weighted by atomic mass is 16.5. The molecule has 2 heterocycles. The first kappa shape index (κ1) is 12.5. The average molecular weight is 238 g/mol. The molecule has 0 bridgehead atoms. The number of ether oxygens (including phenoxy) is 1. The standard InChI is InChI=1S/C12H22N4O/c1-15-11-12(10-14-15)2-3-13-4-5-16-6-8-17-9-7-16/h10-11,13H,2-9H2,1H3. The van der Waals surface area contributed by atoms with E-state index in [1.165, 1.54) is 5.56 Å². The topological polar surface area (TPSA) is 42.3 Å². The number of aromatic nitrogens is 2. The van der Waals surface area contributed by atoms with Crippen molar-refractivity contribution in [2.24, 2.45) is 7.05 Å². The monoisotopic (exact) mass is 238 g/mol. The molecule has 1 saturated heterocycles. The van der Waals surface area contributed by atoms with Crippen LogP contribution in [0.4, 0.5) is 0 Å². The highest BCUT2D eigenvalue weighted by Crippen LogP contribution is 1.97. The highest BCUT2D eigenvalue weighted by molar-refractivity contribution is 5.03. The van der Waals surface area contributed by atoms with Crippen molar-refractivity contribution >= 4 is 0 Å². The van der Waals surface area contributed by atoms with E-state index in [-0.39, 0.29) is 0 Å². The van der Waals surface area contributed by atoms with Crippen LogP contribution in [0, 0.1) is 0 Å². The first-order chi connectivity index (χ1) is 8.34. The van der Waals surface area contributed by atoms with Crippen molar-refractivity contribution in [2.45, 2.75) is 6.42 Å². The second-order valence-corrected chi connectivity index (χ2v) is 4.48. The van der Waals surface area contributed by atoms with Crippen molar-refractivity contribution in [1.29, 1.82) is 0 Å². The van der Waals surface area contributed by atoms with Crippen molar-refractivity contribution in [3.05, 3.63) is 18.0 Å². The second-order valence-electron chi connectivity index (χ2n) is 4.48. The third-order valence-electron chi connectivity index (χ3n) is 3.06. The molecule has 0 spiro atoms. The molecule has 2 rings (SSSR count). The van der Waals surface area contributed by atoms with E-state index >= 15 is 0 Å². The Labute approximate surface area is 103 Å². The van der Waals surface area contributed by atoms with E-state index in [0.717, 1.165) is 52.4 Å². The summed E-state index contributed by atoms with van der Waals surface area (Å²) in [6.07, 6.45) is 5.06. The largest absolute Gasteiger partial charge is 0.379 e. The molecule has 5 heteroatoms. The number of nitrogens with zero attached hydrogens (tertiary/aromatic N) is 3. The van der Waals surface area contributed by atoms with Crippen molar-refractivity contribution in [3.63, 3.8) is 0 Å². The zero-order valence-corrected chi connectivity index (χ0v) is 10.6. The SMILES string of the molecule is Cn1cc(CCNCCN2CCOCC2)cn1. The number of morpholine rings is 1. The predicted octanol–water partition coefficient (Wildman–Crippen LogP) is -0.116. The third kappa shape index (κ3) is 4.46. The molecule has 0 radical (unpaired) electrons. The van der Waals surface area contributed by atoms with Crippen molar-refractivity contribution < 1.29 is 4.74 Å². The molecule has 1 N–H and O–H groups in total. The number of nitrogens with one attached hydrogen (secondary N) is 1. The molecule has 96 valence electrons. The van der Waals surface area contributed by atoms with Gasteiger partial charge >= 0.3 is 0 Å². The van der Waals surface area contributed by atoms with E-state index in [0.29, 0.717) is 0 Å². The molecule has 1 aliphatic rings. The maximum atomic E-state index is 5.32. The van der Waals surface area contributed by atoms with Crippen LogP contribution in [0.3, 0.4) is 0 Å². The van der Waals surface area contributed by atoms with Gasteiger partial charge < -0.3 is 10.1 Å². The molecular weight excluding hydrogens is 216 g/mol. The molecule has 17 heavy (non-hydrogen) atoms. The Morgan fingerprint density at radius 2 is 2.18 bits per heavy atom. The van der Waals surface area contributed by atoms with Crippen LogP contribution in [-0.2, 0) is 18.2 Å². The molecule has 0 aromatic carbocycles. The molecule has 0 aliphatic carbocycles. The minimum atomic E-state index is 0.885. The number of rotatable bonds is 6. The number of hydrogen-bond acceptors (Lipinski definition) is 4. The van der Waals surface area contributed by atoms with E-state index in [1.54, 1.807) is 0 Å². The van der Waals surface area contributed by atoms with E-state index in [4.69, 9.17) is 4.74 Å². The minimum Gasteiger partial charge on any atom is -0.379 e. The fourth-order valence-electron chi connectivity index (χ4n) is 2.02. The van der Waals surface area contributed by atoms with Gasteiger partial charge in [0, 0.05) is 39.4 Å². The Bertz CT molecular complexity index is 320. The maximum Gasteiger partial charge on any atom is 0.0594 e. The van der Waals surface area contributed by atoms with Crippen LogP contribution in [0.15, 0.2) is 12.4 Å². The molecule has 1 aliphatic heterocycles. The smallest absolute Gasteiger partial charge is 0.0594 e. The zero-order valence-electron chi connectivity index (χ0n) is 10.6. The van der Waals surface area contributed by atoms with E-state index in [9.17, 15) is 0 Å². The molecule has 0 amide bonds. The Hall–Kier alpha value is -0.910. The Kier molecular flexibility index (Phi) is 4.97. The van der Waals surface area contributed by atoms with Crippen LogP contribution in [-0.4, -0.2) is 60.6 Å². The van der Waals surface area contributed by atoms with Crippen molar-refractivity contribution in [3.8, 4) is 0 Å². The van der Waals surface area contributed by atoms with Gasteiger partial charge in [0.2, 0.25) is 0 Å². The maximum absolute atomic E-state index is 5.32. The Morgan fingerprint density at radius 1 is 1.35 bits per heavy atom. The lowest BCUT2D eigenvalue weighted by Gasteiger charge is -2.26. The van der Waals surface area contributed by atoms with Crippen molar-refractivity contribution in [2.75, 3.05) is 45.9 Å². The van der Waals surface area contributed by atoms with Gasteiger partial charge in [-0.2, -0.15) is 5.10 Å². The molecule has 1 fully saturated rings. The minimum absolute atomic E-state index is 0.885. The molecular formula is C12H22N4O. The first-order valence-corrected chi connectivity index (χ1v) is 6.33. The highest BCUT2D eigenvalue weighted by Gasteiger charge is 2.08. The van der Waals surface area contributed by atoms with E-state index < -0.39 is 0 Å². The summed E-state index contributed by atoms with van der Waals surface area (Å²) >= 11 is 0. The summed E-state index contributed by atoms with van der Waals surface area (Å²) in [7, 11) is 1.95. The van der Waals surface area contributed by atoms with Gasteiger partial charge in [0.05, 0.1) is 19.4 Å². The van der Waals surface area contributed by atoms with Crippen LogP contribution in [0.1, 0.15) is 5.56 Å². The molecule has 0 saturated carbocycles. The van der Waals surface area contributed by atoms with Gasteiger partial charge in [0.1, 0.15) is 0 Å². The van der Waals surface area contributed by atoms with E-state index in [2.05, 4.69) is 21.5 Å². The molecule has 1 aromatic heterocycles. The molecule has 5 nitrogen and oxygen atoms in total. The van der Waals surface area contributed by atoms with Crippen LogP contribution < -0.4 is 5.32 Å². The summed E-state index contributed by atoms with van der Waals surface area (Å²) < 4.78 is 7.17. The lowest BCUT2D eigenvalue weighted by Crippen LogP contribution is -2.40. The quantitative estimate of drug-likeness (QED) is 0.702. The molecule has 0 atom stereocenters. The van der Waals surface area contributed by atoms with Crippen LogP contribution in [0.5, 0.6) is 0 Å². The third-order valence-corrected chi connectivity index (χ3v) is 3.06. The average Bonchev–Trinajstić information content (AvgIpc) is 2.76. The summed E-state index contributed by atoms with van der Waals surface area (Å²) in [6, 6.07) is 0. The normalized spacial score (nSPS) is 17.5. The lowest BCUT2D eigenvalue weighted by molar-refractivity contribution is 0.0385. The first-order valence-electron chi connectivity index (χ1n) is 6.33. The summed E-state index contributed by atoms with van der Waals surface area (Å²) in [6.45, 7) is 7.12. The van der Waals surface area contributed by atoms with Gasteiger partial charge in [-0.25, -0.2) is 0 Å². The molecule has 0 unspecified atom stereocenters. The molecule has 1 aromatic rings. The summed E-state index contributed by atoms with van der Waals surface area (Å²) in [5, 5.41) is 7.63.